The number of hydrogen-bond acceptors (Lipinski definition) is 4. The van der Waals surface area contributed by atoms with E-state index in [4.69, 9.17) is 19.4 Å². The maximum Gasteiger partial charge on any atom is 0.166 e. The molecule has 63 heavy (non-hydrogen) atoms. The van der Waals surface area contributed by atoms with Gasteiger partial charge in [0.05, 0.1) is 27.5 Å². The van der Waals surface area contributed by atoms with Gasteiger partial charge in [-0.25, -0.2) is 15.0 Å². The molecule has 4 aromatic heterocycles. The van der Waals surface area contributed by atoms with Gasteiger partial charge in [-0.2, -0.15) is 0 Å². The number of nitrogens with zero attached hydrogens (tertiary/aromatic N) is 5. The van der Waals surface area contributed by atoms with E-state index >= 15 is 0 Å². The van der Waals surface area contributed by atoms with E-state index < -0.39 is 0 Å². The average molecular weight is 806 g/mol. The highest BCUT2D eigenvalue weighted by molar-refractivity contribution is 6.27. The van der Waals surface area contributed by atoms with Gasteiger partial charge in [0, 0.05) is 55.0 Å². The molecule has 294 valence electrons. The maximum atomic E-state index is 6.81. The number of rotatable bonds is 6. The quantitative estimate of drug-likeness (QED) is 0.168. The third kappa shape index (κ3) is 5.55. The molecular weight excluding hydrogens is 771 g/mol. The van der Waals surface area contributed by atoms with Crippen LogP contribution in [-0.4, -0.2) is 24.1 Å². The largest absolute Gasteiger partial charge is 0.455 e. The molecule has 4 heterocycles. The monoisotopic (exact) mass is 805 g/mol. The van der Waals surface area contributed by atoms with Crippen molar-refractivity contribution in [3.05, 3.63) is 212 Å². The van der Waals surface area contributed by atoms with Crippen molar-refractivity contribution in [3.63, 3.8) is 0 Å². The third-order valence-electron chi connectivity index (χ3n) is 12.4. The summed E-state index contributed by atoms with van der Waals surface area (Å²) in [5.74, 6) is 1.81. The van der Waals surface area contributed by atoms with Crippen LogP contribution in [-0.2, 0) is 0 Å². The summed E-state index contributed by atoms with van der Waals surface area (Å²) in [5, 5.41) is 6.62. The molecule has 0 aliphatic rings. The van der Waals surface area contributed by atoms with Crippen LogP contribution in [0.3, 0.4) is 0 Å². The van der Waals surface area contributed by atoms with Crippen LogP contribution in [0.25, 0.3) is 122 Å². The first-order valence-corrected chi connectivity index (χ1v) is 21.2. The molecule has 0 radical (unpaired) electrons. The van der Waals surface area contributed by atoms with Crippen LogP contribution in [0.4, 0.5) is 0 Å². The van der Waals surface area contributed by atoms with Gasteiger partial charge >= 0.3 is 0 Å². The van der Waals surface area contributed by atoms with Crippen molar-refractivity contribution in [2.24, 2.45) is 0 Å². The average Bonchev–Trinajstić information content (AvgIpc) is 4.02. The second kappa shape index (κ2) is 14.0. The summed E-state index contributed by atoms with van der Waals surface area (Å²) in [6.45, 7) is 0. The van der Waals surface area contributed by atoms with Crippen molar-refractivity contribution in [3.8, 4) is 56.7 Å². The first kappa shape index (κ1) is 35.2. The number of hydrogen-bond donors (Lipinski definition) is 0. The van der Waals surface area contributed by atoms with E-state index in [1.165, 1.54) is 21.8 Å². The fraction of sp³-hybridized carbons (Fsp3) is 0. The second-order valence-corrected chi connectivity index (χ2v) is 16.0. The van der Waals surface area contributed by atoms with Crippen molar-refractivity contribution >= 4 is 65.6 Å². The lowest BCUT2D eigenvalue weighted by molar-refractivity contribution is 0.673. The van der Waals surface area contributed by atoms with E-state index in [0.717, 1.165) is 82.9 Å². The van der Waals surface area contributed by atoms with Crippen molar-refractivity contribution in [2.45, 2.75) is 0 Å². The highest BCUT2D eigenvalue weighted by atomic mass is 16.3. The summed E-state index contributed by atoms with van der Waals surface area (Å²) < 4.78 is 11.5. The van der Waals surface area contributed by atoms with Crippen LogP contribution in [0, 0.1) is 0 Å². The van der Waals surface area contributed by atoms with Crippen molar-refractivity contribution in [2.75, 3.05) is 0 Å². The van der Waals surface area contributed by atoms with E-state index in [0.29, 0.717) is 17.5 Å². The summed E-state index contributed by atoms with van der Waals surface area (Å²) in [7, 11) is 0. The highest BCUT2D eigenvalue weighted by Crippen LogP contribution is 2.45. The SMILES string of the molecule is c1ccc(-c2nc(-c3ccccc3)nc(-c3cc4c5ccccc5oc4c4c5ccccc5n(-c5ccc(-c6ccc7c8ccccc8n(-c8ccccc8)c7c6)cc5)c34)n2)cc1. The molecule has 6 heteroatoms. The molecule has 0 unspecified atom stereocenters. The Kier molecular flexibility index (Phi) is 7.80. The molecule has 0 N–H and O–H groups in total. The second-order valence-electron chi connectivity index (χ2n) is 16.0. The van der Waals surface area contributed by atoms with E-state index in [9.17, 15) is 0 Å². The van der Waals surface area contributed by atoms with Gasteiger partial charge in [-0.1, -0.05) is 158 Å². The lowest BCUT2D eigenvalue weighted by Gasteiger charge is -2.14. The summed E-state index contributed by atoms with van der Waals surface area (Å²) in [4.78, 5) is 15.6. The summed E-state index contributed by atoms with van der Waals surface area (Å²) >= 11 is 0. The normalized spacial score (nSPS) is 11.8. The Balaban J connectivity index is 1.06. The smallest absolute Gasteiger partial charge is 0.166 e. The van der Waals surface area contributed by atoms with Crippen LogP contribution in [0.1, 0.15) is 0 Å². The minimum absolute atomic E-state index is 0.586. The van der Waals surface area contributed by atoms with Gasteiger partial charge in [0.25, 0.3) is 0 Å². The molecule has 0 amide bonds. The number of benzene rings is 9. The standard InChI is InChI=1S/C57H35N5O/c1-4-16-37(17-5-1)55-58-56(38-18-6-2-7-19-38)60-57(59-55)47-35-46-44-23-12-15-27-51(44)63-54(46)52-45-24-11-14-26-49(45)62(53(47)52)41-31-28-36(29-32-41)39-30-33-43-42-22-10-13-25-48(42)61(50(43)34-39)40-20-8-3-9-21-40/h1-35H. The van der Waals surface area contributed by atoms with Gasteiger partial charge in [-0.05, 0) is 65.7 Å². The zero-order valence-corrected chi connectivity index (χ0v) is 33.9. The van der Waals surface area contributed by atoms with Gasteiger partial charge in [-0.15, -0.1) is 0 Å². The van der Waals surface area contributed by atoms with Crippen LogP contribution in [0.2, 0.25) is 0 Å². The minimum atomic E-state index is 0.586. The molecule has 0 fully saturated rings. The fourth-order valence-electron chi connectivity index (χ4n) is 9.51. The summed E-state index contributed by atoms with van der Waals surface area (Å²) in [6, 6.07) is 74.4. The molecule has 0 bridgehead atoms. The number of fused-ring (bicyclic) bond motifs is 10. The van der Waals surface area contributed by atoms with E-state index in [-0.39, 0.29) is 0 Å². The van der Waals surface area contributed by atoms with Crippen molar-refractivity contribution < 1.29 is 4.42 Å². The minimum Gasteiger partial charge on any atom is -0.455 e. The van der Waals surface area contributed by atoms with E-state index in [1.54, 1.807) is 0 Å². The zero-order valence-electron chi connectivity index (χ0n) is 33.9. The molecule has 9 aromatic carbocycles. The molecule has 0 aliphatic carbocycles. The lowest BCUT2D eigenvalue weighted by Crippen LogP contribution is -2.02. The van der Waals surface area contributed by atoms with Crippen LogP contribution in [0.15, 0.2) is 217 Å². The molecule has 6 nitrogen and oxygen atoms in total. The molecule has 13 aromatic rings. The number of aromatic nitrogens is 5. The predicted octanol–water partition coefficient (Wildman–Crippen LogP) is 14.6. The molecule has 0 saturated carbocycles. The Morgan fingerprint density at radius 2 is 0.857 bits per heavy atom. The van der Waals surface area contributed by atoms with E-state index in [2.05, 4.69) is 149 Å². The van der Waals surface area contributed by atoms with Crippen LogP contribution >= 0.6 is 0 Å². The Bertz CT molecular complexity index is 3830. The van der Waals surface area contributed by atoms with Crippen LogP contribution in [0.5, 0.6) is 0 Å². The fourth-order valence-corrected chi connectivity index (χ4v) is 9.51. The molecule has 13 rings (SSSR count). The Labute approximate surface area is 361 Å². The van der Waals surface area contributed by atoms with Crippen molar-refractivity contribution in [1.82, 2.24) is 24.1 Å². The maximum absolute atomic E-state index is 6.81. The zero-order chi connectivity index (χ0) is 41.4. The lowest BCUT2D eigenvalue weighted by atomic mass is 10.0. The molecule has 0 atom stereocenters. The van der Waals surface area contributed by atoms with Crippen LogP contribution < -0.4 is 0 Å². The molecule has 0 spiro atoms. The molecule has 0 saturated heterocycles. The van der Waals surface area contributed by atoms with E-state index in [1.807, 2.05) is 72.8 Å². The summed E-state index contributed by atoms with van der Waals surface area (Å²) in [5.41, 5.74) is 13.2. The van der Waals surface area contributed by atoms with Gasteiger partial charge in [0.15, 0.2) is 17.5 Å². The molecular formula is C57H35N5O. The summed E-state index contributed by atoms with van der Waals surface area (Å²) in [6.07, 6.45) is 0. The molecule has 0 aliphatic heterocycles. The Morgan fingerprint density at radius 3 is 1.56 bits per heavy atom. The van der Waals surface area contributed by atoms with Gasteiger partial charge < -0.3 is 13.6 Å². The highest BCUT2D eigenvalue weighted by Gasteiger charge is 2.25. The van der Waals surface area contributed by atoms with Gasteiger partial charge in [-0.3, -0.25) is 0 Å². The van der Waals surface area contributed by atoms with Gasteiger partial charge in [0.2, 0.25) is 0 Å². The predicted molar refractivity (Wildman–Crippen MR) is 258 cm³/mol. The first-order valence-electron chi connectivity index (χ1n) is 21.2. The topological polar surface area (TPSA) is 61.7 Å². The number of para-hydroxylation sites is 4. The van der Waals surface area contributed by atoms with Crippen molar-refractivity contribution in [1.29, 1.82) is 0 Å². The third-order valence-corrected chi connectivity index (χ3v) is 12.4. The Hall–Kier alpha value is -8.61. The number of furan rings is 1. The van der Waals surface area contributed by atoms with Gasteiger partial charge in [0.1, 0.15) is 11.2 Å². The Morgan fingerprint density at radius 1 is 0.333 bits per heavy atom. The first-order chi connectivity index (χ1) is 31.2.